The van der Waals surface area contributed by atoms with E-state index >= 15 is 0 Å². The second kappa shape index (κ2) is 7.87. The van der Waals surface area contributed by atoms with E-state index in [9.17, 15) is 19.2 Å². The number of amides is 1. The molecule has 124 valence electrons. The maximum Gasteiger partial charge on any atom is 0.326 e. The van der Waals surface area contributed by atoms with Crippen molar-refractivity contribution in [1.29, 1.82) is 0 Å². The fourth-order valence-electron chi connectivity index (χ4n) is 1.94. The molecule has 1 heterocycles. The van der Waals surface area contributed by atoms with E-state index in [-0.39, 0.29) is 17.9 Å². The molecule has 1 amide bonds. The lowest BCUT2D eigenvalue weighted by Gasteiger charge is -2.08. The van der Waals surface area contributed by atoms with Crippen LogP contribution in [0, 0.1) is 0 Å². The summed E-state index contributed by atoms with van der Waals surface area (Å²) in [6.45, 7) is 0.672. The van der Waals surface area contributed by atoms with Crippen molar-refractivity contribution in [3.8, 4) is 0 Å². The van der Waals surface area contributed by atoms with Crippen LogP contribution in [0.25, 0.3) is 0 Å². The molecule has 2 aromatic rings. The Balaban J connectivity index is 1.86. The molecule has 0 saturated heterocycles. The predicted octanol–water partition coefficient (Wildman–Crippen LogP) is 1.23. The molecule has 0 spiro atoms. The Labute approximate surface area is 137 Å². The zero-order valence-corrected chi connectivity index (χ0v) is 13.0. The summed E-state index contributed by atoms with van der Waals surface area (Å²) in [5.74, 6) is -1.36. The van der Waals surface area contributed by atoms with Crippen LogP contribution in [0.4, 0.5) is 5.69 Å². The molecule has 0 aliphatic carbocycles. The van der Waals surface area contributed by atoms with Crippen molar-refractivity contribution in [2.45, 2.75) is 13.5 Å². The highest BCUT2D eigenvalue weighted by Gasteiger charge is 2.10. The minimum absolute atomic E-state index is 0.120. The number of ketones is 1. The number of carbonyl (C=O) groups is 3. The van der Waals surface area contributed by atoms with Gasteiger partial charge in [0, 0.05) is 23.5 Å². The SMILES string of the molecule is CC(=O)c1cccc(NC(=O)COC(=O)Cn2ccccc2=O)c1. The average molecular weight is 328 g/mol. The number of nitrogens with zero attached hydrogens (tertiary/aromatic N) is 1. The molecule has 0 radical (unpaired) electrons. The number of Topliss-reactive ketones (excluding diaryl/α,β-unsaturated/α-hetero) is 1. The van der Waals surface area contributed by atoms with E-state index in [1.807, 2.05) is 0 Å². The van der Waals surface area contributed by atoms with Gasteiger partial charge in [-0.2, -0.15) is 0 Å². The van der Waals surface area contributed by atoms with Gasteiger partial charge in [-0.1, -0.05) is 18.2 Å². The smallest absolute Gasteiger partial charge is 0.326 e. The van der Waals surface area contributed by atoms with Crippen LogP contribution in [0.1, 0.15) is 17.3 Å². The van der Waals surface area contributed by atoms with Gasteiger partial charge in [0.2, 0.25) is 0 Å². The summed E-state index contributed by atoms with van der Waals surface area (Å²) in [6, 6.07) is 10.9. The third-order valence-electron chi connectivity index (χ3n) is 3.12. The third-order valence-corrected chi connectivity index (χ3v) is 3.12. The van der Waals surface area contributed by atoms with Crippen LogP contribution in [-0.4, -0.2) is 28.8 Å². The monoisotopic (exact) mass is 328 g/mol. The molecule has 24 heavy (non-hydrogen) atoms. The Morgan fingerprint density at radius 2 is 1.92 bits per heavy atom. The number of anilines is 1. The number of hydrogen-bond donors (Lipinski definition) is 1. The number of rotatable bonds is 6. The van der Waals surface area contributed by atoms with E-state index in [0.29, 0.717) is 11.3 Å². The van der Waals surface area contributed by atoms with Crippen molar-refractivity contribution < 1.29 is 19.1 Å². The molecule has 0 saturated carbocycles. The second-order valence-electron chi connectivity index (χ2n) is 5.01. The van der Waals surface area contributed by atoms with Gasteiger partial charge < -0.3 is 14.6 Å². The van der Waals surface area contributed by atoms with Crippen LogP contribution >= 0.6 is 0 Å². The first-order valence-corrected chi connectivity index (χ1v) is 7.17. The Hall–Kier alpha value is -3.22. The van der Waals surface area contributed by atoms with Crippen LogP contribution in [0.5, 0.6) is 0 Å². The Morgan fingerprint density at radius 1 is 1.12 bits per heavy atom. The normalized spacial score (nSPS) is 10.0. The van der Waals surface area contributed by atoms with Gasteiger partial charge in [0.05, 0.1) is 0 Å². The first-order valence-electron chi connectivity index (χ1n) is 7.17. The van der Waals surface area contributed by atoms with Crippen LogP contribution in [0.15, 0.2) is 53.5 Å². The fourth-order valence-corrected chi connectivity index (χ4v) is 1.94. The molecule has 1 N–H and O–H groups in total. The third kappa shape index (κ3) is 4.91. The molecule has 0 fully saturated rings. The van der Waals surface area contributed by atoms with Gasteiger partial charge in [-0.25, -0.2) is 0 Å². The predicted molar refractivity (Wildman–Crippen MR) is 86.7 cm³/mol. The van der Waals surface area contributed by atoms with Gasteiger partial charge in [0.15, 0.2) is 12.4 Å². The van der Waals surface area contributed by atoms with E-state index in [2.05, 4.69) is 5.32 Å². The quantitative estimate of drug-likeness (QED) is 0.636. The largest absolute Gasteiger partial charge is 0.454 e. The fraction of sp³-hybridized carbons (Fsp3) is 0.176. The molecule has 1 aromatic carbocycles. The van der Waals surface area contributed by atoms with Gasteiger partial charge in [0.1, 0.15) is 6.54 Å². The van der Waals surface area contributed by atoms with Crippen LogP contribution in [0.3, 0.4) is 0 Å². The summed E-state index contributed by atoms with van der Waals surface area (Å²) in [7, 11) is 0. The summed E-state index contributed by atoms with van der Waals surface area (Å²) < 4.78 is 6.01. The summed E-state index contributed by atoms with van der Waals surface area (Å²) in [5.41, 5.74) is 0.566. The molecule has 7 nitrogen and oxygen atoms in total. The zero-order chi connectivity index (χ0) is 17.5. The highest BCUT2D eigenvalue weighted by molar-refractivity contribution is 5.97. The molecule has 0 bridgehead atoms. The van der Waals surface area contributed by atoms with Crippen molar-refractivity contribution in [3.05, 3.63) is 64.6 Å². The topological polar surface area (TPSA) is 94.5 Å². The lowest BCUT2D eigenvalue weighted by molar-refractivity contribution is -0.147. The van der Waals surface area contributed by atoms with Crippen LogP contribution in [0.2, 0.25) is 0 Å². The first-order chi connectivity index (χ1) is 11.5. The van der Waals surface area contributed by atoms with Crippen LogP contribution < -0.4 is 10.9 Å². The van der Waals surface area contributed by atoms with Gasteiger partial charge >= 0.3 is 5.97 Å². The molecular formula is C17H16N2O5. The Morgan fingerprint density at radius 3 is 2.62 bits per heavy atom. The standard InChI is InChI=1S/C17H16N2O5/c1-12(20)13-5-4-6-14(9-13)18-15(21)11-24-17(23)10-19-8-3-2-7-16(19)22/h2-9H,10-11H2,1H3,(H,18,21). The van der Waals surface area contributed by atoms with E-state index < -0.39 is 18.5 Å². The van der Waals surface area contributed by atoms with Crippen molar-refractivity contribution in [2.75, 3.05) is 11.9 Å². The minimum atomic E-state index is -0.698. The number of esters is 1. The molecule has 7 heteroatoms. The van der Waals surface area contributed by atoms with E-state index in [0.717, 1.165) is 0 Å². The zero-order valence-electron chi connectivity index (χ0n) is 13.0. The number of hydrogen-bond acceptors (Lipinski definition) is 5. The maximum atomic E-state index is 11.8. The molecule has 0 atom stereocenters. The lowest BCUT2D eigenvalue weighted by atomic mass is 10.1. The second-order valence-corrected chi connectivity index (χ2v) is 5.01. The van der Waals surface area contributed by atoms with Gasteiger partial charge in [0.25, 0.3) is 11.5 Å². The number of nitrogens with one attached hydrogen (secondary N) is 1. The summed E-state index contributed by atoms with van der Waals surface area (Å²) in [6.07, 6.45) is 1.46. The highest BCUT2D eigenvalue weighted by Crippen LogP contribution is 2.11. The van der Waals surface area contributed by atoms with Gasteiger partial charge in [-0.3, -0.25) is 19.2 Å². The van der Waals surface area contributed by atoms with Gasteiger partial charge in [-0.15, -0.1) is 0 Å². The van der Waals surface area contributed by atoms with Crippen LogP contribution in [-0.2, 0) is 20.9 Å². The van der Waals surface area contributed by atoms with Crippen molar-refractivity contribution >= 4 is 23.3 Å². The Kier molecular flexibility index (Phi) is 5.62. The number of carbonyl (C=O) groups excluding carboxylic acids is 3. The molecule has 1 aromatic heterocycles. The van der Waals surface area contributed by atoms with E-state index in [1.54, 1.807) is 30.3 Å². The molecule has 2 rings (SSSR count). The van der Waals surface area contributed by atoms with Crippen molar-refractivity contribution in [1.82, 2.24) is 4.57 Å². The molecule has 0 unspecified atom stereocenters. The highest BCUT2D eigenvalue weighted by atomic mass is 16.5. The van der Waals surface area contributed by atoms with Crippen molar-refractivity contribution in [3.63, 3.8) is 0 Å². The summed E-state index contributed by atoms with van der Waals surface area (Å²) in [4.78, 5) is 46.2. The maximum absolute atomic E-state index is 11.8. The van der Waals surface area contributed by atoms with E-state index in [4.69, 9.17) is 4.74 Å². The number of ether oxygens (including phenoxy) is 1. The minimum Gasteiger partial charge on any atom is -0.454 e. The number of benzene rings is 1. The summed E-state index contributed by atoms with van der Waals surface area (Å²) in [5, 5.41) is 2.53. The summed E-state index contributed by atoms with van der Waals surface area (Å²) >= 11 is 0. The number of pyridine rings is 1. The molecule has 0 aliphatic heterocycles. The van der Waals surface area contributed by atoms with Gasteiger partial charge in [-0.05, 0) is 25.1 Å². The Bertz CT molecular complexity index is 825. The molecular weight excluding hydrogens is 312 g/mol. The van der Waals surface area contributed by atoms with E-state index in [1.165, 1.54) is 29.8 Å². The van der Waals surface area contributed by atoms with Crippen molar-refractivity contribution in [2.24, 2.45) is 0 Å². The first kappa shape index (κ1) is 17.1. The number of aromatic nitrogens is 1. The average Bonchev–Trinajstić information content (AvgIpc) is 2.55. The molecule has 0 aliphatic rings. The lowest BCUT2D eigenvalue weighted by Crippen LogP contribution is -2.27.